The third-order valence-corrected chi connectivity index (χ3v) is 2.58. The highest BCUT2D eigenvalue weighted by Crippen LogP contribution is 2.17. The molecule has 0 saturated heterocycles. The Morgan fingerprint density at radius 1 is 1.62 bits per heavy atom. The van der Waals surface area contributed by atoms with E-state index in [9.17, 15) is 4.79 Å². The molecule has 1 N–H and O–H groups in total. The van der Waals surface area contributed by atoms with Gasteiger partial charge in [0.15, 0.2) is 4.67 Å². The number of aryl methyl sites for hydroxylation is 1. The molecule has 0 spiro atoms. The molecule has 0 radical (unpaired) electrons. The lowest BCUT2D eigenvalue weighted by Crippen LogP contribution is -2.22. The average molecular weight is 285 g/mol. The van der Waals surface area contributed by atoms with Gasteiger partial charge in [0.25, 0.3) is 5.91 Å². The zero-order valence-corrected chi connectivity index (χ0v) is 10.1. The molecule has 2 aromatic heterocycles. The van der Waals surface area contributed by atoms with Gasteiger partial charge >= 0.3 is 0 Å². The minimum atomic E-state index is -0.221. The third-order valence-electron chi connectivity index (χ3n) is 1.97. The van der Waals surface area contributed by atoms with Gasteiger partial charge in [-0.2, -0.15) is 0 Å². The second-order valence-corrected chi connectivity index (χ2v) is 3.94. The van der Waals surface area contributed by atoms with E-state index in [1.54, 1.807) is 19.1 Å². The fourth-order valence-electron chi connectivity index (χ4n) is 1.22. The monoisotopic (exact) mass is 284 g/mol. The molecule has 6 heteroatoms. The summed E-state index contributed by atoms with van der Waals surface area (Å²) in [6.07, 6.45) is 1.44. The Morgan fingerprint density at radius 2 is 2.44 bits per heavy atom. The minimum absolute atomic E-state index is 0.221. The van der Waals surface area contributed by atoms with Gasteiger partial charge in [0.1, 0.15) is 11.5 Å². The summed E-state index contributed by atoms with van der Waals surface area (Å²) in [5, 5.41) is 6.47. The van der Waals surface area contributed by atoms with Crippen molar-refractivity contribution >= 4 is 21.8 Å². The number of aromatic nitrogens is 1. The molecule has 0 unspecified atom stereocenters. The zero-order chi connectivity index (χ0) is 11.5. The largest absolute Gasteiger partial charge is 0.457 e. The molecule has 5 nitrogen and oxygen atoms in total. The number of carbonyl (C=O) groups excluding carboxylic acids is 1. The van der Waals surface area contributed by atoms with E-state index in [-0.39, 0.29) is 5.91 Å². The smallest absolute Gasteiger partial charge is 0.256 e. The molecular formula is C10H9BrN2O3. The fourth-order valence-corrected chi connectivity index (χ4v) is 1.64. The van der Waals surface area contributed by atoms with Crippen molar-refractivity contribution in [2.75, 3.05) is 0 Å². The highest BCUT2D eigenvalue weighted by Gasteiger charge is 2.12. The van der Waals surface area contributed by atoms with Gasteiger partial charge in [-0.25, -0.2) is 0 Å². The average Bonchev–Trinajstić information content (AvgIpc) is 2.84. The number of carbonyl (C=O) groups is 1. The van der Waals surface area contributed by atoms with Crippen molar-refractivity contribution in [2.45, 2.75) is 13.5 Å². The van der Waals surface area contributed by atoms with Gasteiger partial charge in [-0.3, -0.25) is 4.79 Å². The van der Waals surface area contributed by atoms with E-state index in [1.165, 1.54) is 6.26 Å². The molecule has 2 heterocycles. The molecule has 1 amide bonds. The van der Waals surface area contributed by atoms with Crippen LogP contribution in [0.15, 0.2) is 32.0 Å². The molecule has 0 aliphatic heterocycles. The predicted octanol–water partition coefficient (Wildman–Crippen LogP) is 2.27. The molecule has 0 aliphatic rings. The van der Waals surface area contributed by atoms with Crippen LogP contribution in [0.25, 0.3) is 0 Å². The lowest BCUT2D eigenvalue weighted by molar-refractivity contribution is 0.0948. The molecule has 0 aromatic carbocycles. The molecule has 0 bridgehead atoms. The van der Waals surface area contributed by atoms with Crippen molar-refractivity contribution in [3.63, 3.8) is 0 Å². The molecule has 0 aliphatic carbocycles. The van der Waals surface area contributed by atoms with Crippen LogP contribution in [0.3, 0.4) is 0 Å². The zero-order valence-electron chi connectivity index (χ0n) is 8.49. The number of nitrogens with one attached hydrogen (secondary N) is 1. The Balaban J connectivity index is 1.96. The SMILES string of the molecule is Cc1cc(CNC(=O)c2ccoc2Br)no1. The van der Waals surface area contributed by atoms with Gasteiger partial charge in [-0.15, -0.1) is 0 Å². The Hall–Kier alpha value is -1.56. The van der Waals surface area contributed by atoms with E-state index in [0.29, 0.717) is 28.2 Å². The second-order valence-electron chi connectivity index (χ2n) is 3.22. The van der Waals surface area contributed by atoms with Crippen LogP contribution in [0, 0.1) is 6.92 Å². The number of rotatable bonds is 3. The normalized spacial score (nSPS) is 10.4. The van der Waals surface area contributed by atoms with Crippen molar-refractivity contribution in [3.8, 4) is 0 Å². The first-order valence-electron chi connectivity index (χ1n) is 4.60. The maximum atomic E-state index is 11.6. The van der Waals surface area contributed by atoms with Gasteiger partial charge in [-0.05, 0) is 28.9 Å². The van der Waals surface area contributed by atoms with Crippen LogP contribution in [0.1, 0.15) is 21.8 Å². The van der Waals surface area contributed by atoms with Crippen molar-refractivity contribution in [3.05, 3.63) is 40.1 Å². The molecule has 2 aromatic rings. The first-order valence-corrected chi connectivity index (χ1v) is 5.39. The van der Waals surface area contributed by atoms with Crippen LogP contribution in [-0.4, -0.2) is 11.1 Å². The molecule has 16 heavy (non-hydrogen) atoms. The summed E-state index contributed by atoms with van der Waals surface area (Å²) in [5.74, 6) is 0.495. The number of hydrogen-bond donors (Lipinski definition) is 1. The summed E-state index contributed by atoms with van der Waals surface area (Å²) in [5.41, 5.74) is 1.14. The maximum Gasteiger partial charge on any atom is 0.256 e. The summed E-state index contributed by atoms with van der Waals surface area (Å²) < 4.78 is 10.3. The van der Waals surface area contributed by atoms with Gasteiger partial charge in [-0.1, -0.05) is 5.16 Å². The molecule has 0 saturated carbocycles. The third kappa shape index (κ3) is 2.33. The van der Waals surface area contributed by atoms with Gasteiger partial charge in [0.05, 0.1) is 18.4 Å². The molecule has 2 rings (SSSR count). The summed E-state index contributed by atoms with van der Waals surface area (Å²) in [7, 11) is 0. The van der Waals surface area contributed by atoms with Crippen LogP contribution >= 0.6 is 15.9 Å². The van der Waals surface area contributed by atoms with Crippen LogP contribution in [-0.2, 0) is 6.54 Å². The van der Waals surface area contributed by atoms with E-state index < -0.39 is 0 Å². The van der Waals surface area contributed by atoms with E-state index in [1.807, 2.05) is 0 Å². The topological polar surface area (TPSA) is 68.3 Å². The Labute approximate surface area is 99.9 Å². The number of amides is 1. The summed E-state index contributed by atoms with van der Waals surface area (Å²) in [6.45, 7) is 2.12. The Bertz CT molecular complexity index is 504. The number of hydrogen-bond acceptors (Lipinski definition) is 4. The van der Waals surface area contributed by atoms with Crippen molar-refractivity contribution in [2.24, 2.45) is 0 Å². The number of halogens is 1. The highest BCUT2D eigenvalue weighted by atomic mass is 79.9. The van der Waals surface area contributed by atoms with Crippen LogP contribution < -0.4 is 5.32 Å². The van der Waals surface area contributed by atoms with Crippen LogP contribution in [0.5, 0.6) is 0 Å². The van der Waals surface area contributed by atoms with Crippen LogP contribution in [0.2, 0.25) is 0 Å². The lowest BCUT2D eigenvalue weighted by Gasteiger charge is -2.00. The van der Waals surface area contributed by atoms with Crippen molar-refractivity contribution in [1.82, 2.24) is 10.5 Å². The Kier molecular flexibility index (Phi) is 3.09. The van der Waals surface area contributed by atoms with Gasteiger partial charge in [0.2, 0.25) is 0 Å². The van der Waals surface area contributed by atoms with Crippen molar-refractivity contribution < 1.29 is 13.7 Å². The standard InChI is InChI=1S/C10H9BrN2O3/c1-6-4-7(13-16-6)5-12-10(14)8-2-3-15-9(8)11/h2-4H,5H2,1H3,(H,12,14). The van der Waals surface area contributed by atoms with E-state index >= 15 is 0 Å². The first kappa shape index (κ1) is 10.9. The molecule has 0 atom stereocenters. The van der Waals surface area contributed by atoms with Gasteiger partial charge < -0.3 is 14.3 Å². The van der Waals surface area contributed by atoms with E-state index in [4.69, 9.17) is 8.94 Å². The van der Waals surface area contributed by atoms with Crippen LogP contribution in [0.4, 0.5) is 0 Å². The number of furan rings is 1. The lowest BCUT2D eigenvalue weighted by atomic mass is 10.3. The number of nitrogens with zero attached hydrogens (tertiary/aromatic N) is 1. The van der Waals surface area contributed by atoms with E-state index in [2.05, 4.69) is 26.4 Å². The molecular weight excluding hydrogens is 276 g/mol. The van der Waals surface area contributed by atoms with Crippen molar-refractivity contribution in [1.29, 1.82) is 0 Å². The second kappa shape index (κ2) is 4.52. The summed E-state index contributed by atoms with van der Waals surface area (Å²) in [4.78, 5) is 11.6. The molecule has 84 valence electrons. The summed E-state index contributed by atoms with van der Waals surface area (Å²) >= 11 is 3.14. The summed E-state index contributed by atoms with van der Waals surface area (Å²) in [6, 6.07) is 3.36. The minimum Gasteiger partial charge on any atom is -0.457 e. The predicted molar refractivity (Wildman–Crippen MR) is 58.8 cm³/mol. The highest BCUT2D eigenvalue weighted by molar-refractivity contribution is 9.10. The van der Waals surface area contributed by atoms with E-state index in [0.717, 1.165) is 0 Å². The Morgan fingerprint density at radius 3 is 3.00 bits per heavy atom. The fraction of sp³-hybridized carbons (Fsp3) is 0.200. The quantitative estimate of drug-likeness (QED) is 0.939. The molecule has 0 fully saturated rings. The first-order chi connectivity index (χ1) is 7.66. The van der Waals surface area contributed by atoms with Gasteiger partial charge in [0, 0.05) is 6.07 Å². The maximum absolute atomic E-state index is 11.6.